The molecule has 5 nitrogen and oxygen atoms in total. The van der Waals surface area contributed by atoms with E-state index in [9.17, 15) is 0 Å². The molecule has 1 unspecified atom stereocenters. The lowest BCUT2D eigenvalue weighted by atomic mass is 9.96. The van der Waals surface area contributed by atoms with Gasteiger partial charge in [0, 0.05) is 19.1 Å². The van der Waals surface area contributed by atoms with Crippen molar-refractivity contribution in [3.63, 3.8) is 0 Å². The molecular weight excluding hydrogens is 390 g/mol. The Kier molecular flexibility index (Phi) is 6.33. The summed E-state index contributed by atoms with van der Waals surface area (Å²) in [5.74, 6) is 4.02. The molecule has 0 aromatic heterocycles. The van der Waals surface area contributed by atoms with Crippen LogP contribution >= 0.6 is 0 Å². The van der Waals surface area contributed by atoms with Gasteiger partial charge in [0.1, 0.15) is 17.2 Å². The number of hydrogen-bond donors (Lipinski definition) is 0. The van der Waals surface area contributed by atoms with Gasteiger partial charge < -0.3 is 18.9 Å². The van der Waals surface area contributed by atoms with Crippen molar-refractivity contribution in [1.82, 2.24) is 4.90 Å². The van der Waals surface area contributed by atoms with Crippen LogP contribution in [0.4, 0.5) is 0 Å². The molecular formula is C26H29NO4. The van der Waals surface area contributed by atoms with Crippen LogP contribution in [0.3, 0.4) is 0 Å². The van der Waals surface area contributed by atoms with E-state index in [4.69, 9.17) is 18.9 Å². The van der Waals surface area contributed by atoms with E-state index in [-0.39, 0.29) is 6.04 Å². The van der Waals surface area contributed by atoms with Crippen LogP contribution in [0.25, 0.3) is 0 Å². The first-order valence-electron chi connectivity index (χ1n) is 10.5. The Balaban J connectivity index is 1.49. The second kappa shape index (κ2) is 9.31. The number of rotatable bonds is 7. The lowest BCUT2D eigenvalue weighted by molar-refractivity contribution is 0.191. The average Bonchev–Trinajstić information content (AvgIpc) is 2.83. The van der Waals surface area contributed by atoms with E-state index in [1.165, 1.54) is 16.7 Å². The van der Waals surface area contributed by atoms with Crippen molar-refractivity contribution >= 4 is 0 Å². The highest BCUT2D eigenvalue weighted by Crippen LogP contribution is 2.36. The Morgan fingerprint density at radius 3 is 2.10 bits per heavy atom. The summed E-state index contributed by atoms with van der Waals surface area (Å²) in [7, 11) is 5.02. The van der Waals surface area contributed by atoms with Crippen LogP contribution < -0.4 is 18.9 Å². The number of hydrogen-bond acceptors (Lipinski definition) is 5. The van der Waals surface area contributed by atoms with Crippen LogP contribution in [-0.2, 0) is 13.0 Å². The van der Waals surface area contributed by atoms with Crippen LogP contribution in [0.2, 0.25) is 0 Å². The SMILES string of the molecule is COc1ccc(Oc2cccc(C(C)N3CCc4cc(OC)c(OC)cc4C3)c2)cc1. The first-order valence-corrected chi connectivity index (χ1v) is 10.5. The van der Waals surface area contributed by atoms with Gasteiger partial charge in [-0.05, 0) is 78.6 Å². The van der Waals surface area contributed by atoms with E-state index in [0.29, 0.717) is 0 Å². The van der Waals surface area contributed by atoms with Gasteiger partial charge in [-0.3, -0.25) is 4.90 Å². The van der Waals surface area contributed by atoms with Crippen LogP contribution in [0.15, 0.2) is 60.7 Å². The lowest BCUT2D eigenvalue weighted by Gasteiger charge is -2.34. The molecule has 0 amide bonds. The third-order valence-electron chi connectivity index (χ3n) is 5.93. The topological polar surface area (TPSA) is 40.2 Å². The summed E-state index contributed by atoms with van der Waals surface area (Å²) < 4.78 is 22.2. The highest BCUT2D eigenvalue weighted by atomic mass is 16.5. The Morgan fingerprint density at radius 2 is 1.42 bits per heavy atom. The molecule has 1 aliphatic heterocycles. The summed E-state index contributed by atoms with van der Waals surface area (Å²) in [6.07, 6.45) is 0.988. The minimum absolute atomic E-state index is 0.265. The van der Waals surface area contributed by atoms with Gasteiger partial charge in [-0.25, -0.2) is 0 Å². The number of methoxy groups -OCH3 is 3. The fourth-order valence-electron chi connectivity index (χ4n) is 4.06. The van der Waals surface area contributed by atoms with E-state index >= 15 is 0 Å². The van der Waals surface area contributed by atoms with Gasteiger partial charge in [0.25, 0.3) is 0 Å². The molecule has 0 aliphatic carbocycles. The Bertz CT molecular complexity index is 1030. The standard InChI is InChI=1S/C26H29NO4/c1-18(27-13-12-20-15-25(29-3)26(30-4)16-21(20)17-27)19-6-5-7-24(14-19)31-23-10-8-22(28-2)9-11-23/h5-11,14-16,18H,12-13,17H2,1-4H3. The van der Waals surface area contributed by atoms with Gasteiger partial charge in [0.05, 0.1) is 21.3 Å². The molecule has 1 aliphatic rings. The predicted molar refractivity (Wildman–Crippen MR) is 122 cm³/mol. The van der Waals surface area contributed by atoms with Gasteiger partial charge >= 0.3 is 0 Å². The zero-order valence-corrected chi connectivity index (χ0v) is 18.6. The van der Waals surface area contributed by atoms with Gasteiger partial charge in [-0.2, -0.15) is 0 Å². The summed E-state index contributed by atoms with van der Waals surface area (Å²) in [6, 6.07) is 20.4. The van der Waals surface area contributed by atoms with Crippen molar-refractivity contribution in [3.8, 4) is 28.7 Å². The van der Waals surface area contributed by atoms with Gasteiger partial charge in [-0.15, -0.1) is 0 Å². The van der Waals surface area contributed by atoms with E-state index in [2.05, 4.69) is 42.2 Å². The molecule has 0 radical (unpaired) electrons. The molecule has 0 spiro atoms. The van der Waals surface area contributed by atoms with Crippen LogP contribution in [0.1, 0.15) is 29.7 Å². The fourth-order valence-corrected chi connectivity index (χ4v) is 4.06. The molecule has 1 atom stereocenters. The molecule has 162 valence electrons. The normalized spacial score (nSPS) is 14.5. The third kappa shape index (κ3) is 4.62. The van der Waals surface area contributed by atoms with Crippen LogP contribution in [0, 0.1) is 0 Å². The summed E-state index contributed by atoms with van der Waals surface area (Å²) in [6.45, 7) is 4.12. The maximum absolute atomic E-state index is 6.06. The molecule has 1 heterocycles. The van der Waals surface area contributed by atoms with E-state index in [0.717, 1.165) is 48.3 Å². The molecule has 5 heteroatoms. The van der Waals surface area contributed by atoms with Crippen molar-refractivity contribution < 1.29 is 18.9 Å². The van der Waals surface area contributed by atoms with E-state index in [1.54, 1.807) is 21.3 Å². The quantitative estimate of drug-likeness (QED) is 0.497. The molecule has 0 saturated heterocycles. The number of nitrogens with zero attached hydrogens (tertiary/aromatic N) is 1. The van der Waals surface area contributed by atoms with Crippen LogP contribution in [0.5, 0.6) is 28.7 Å². The summed E-state index contributed by atoms with van der Waals surface area (Å²) >= 11 is 0. The molecule has 4 rings (SSSR count). The molecule has 31 heavy (non-hydrogen) atoms. The molecule has 3 aromatic carbocycles. The first-order chi connectivity index (χ1) is 15.1. The Morgan fingerprint density at radius 1 is 0.742 bits per heavy atom. The van der Waals surface area contributed by atoms with Crippen molar-refractivity contribution in [1.29, 1.82) is 0 Å². The highest BCUT2D eigenvalue weighted by molar-refractivity contribution is 5.48. The Labute approximate surface area is 184 Å². The van der Waals surface area contributed by atoms with Crippen molar-refractivity contribution in [2.45, 2.75) is 25.9 Å². The second-order valence-corrected chi connectivity index (χ2v) is 7.72. The summed E-state index contributed by atoms with van der Waals surface area (Å²) in [5, 5.41) is 0. The molecule has 0 bridgehead atoms. The minimum Gasteiger partial charge on any atom is -0.497 e. The monoisotopic (exact) mass is 419 g/mol. The zero-order valence-electron chi connectivity index (χ0n) is 18.6. The first kappa shape index (κ1) is 21.1. The van der Waals surface area contributed by atoms with E-state index in [1.807, 2.05) is 30.3 Å². The average molecular weight is 420 g/mol. The van der Waals surface area contributed by atoms with Gasteiger partial charge in [0.15, 0.2) is 11.5 Å². The minimum atomic E-state index is 0.265. The van der Waals surface area contributed by atoms with Crippen molar-refractivity contribution in [2.75, 3.05) is 27.9 Å². The number of ether oxygens (including phenoxy) is 4. The predicted octanol–water partition coefficient (Wildman–Crippen LogP) is 5.62. The zero-order chi connectivity index (χ0) is 21.8. The third-order valence-corrected chi connectivity index (χ3v) is 5.93. The fraction of sp³-hybridized carbons (Fsp3) is 0.308. The van der Waals surface area contributed by atoms with Crippen molar-refractivity contribution in [2.24, 2.45) is 0 Å². The van der Waals surface area contributed by atoms with Crippen LogP contribution in [-0.4, -0.2) is 32.8 Å². The number of fused-ring (bicyclic) bond motifs is 1. The Hall–Kier alpha value is -3.18. The summed E-state index contributed by atoms with van der Waals surface area (Å²) in [4.78, 5) is 2.49. The molecule has 3 aromatic rings. The molecule has 0 fully saturated rings. The maximum Gasteiger partial charge on any atom is 0.161 e. The highest BCUT2D eigenvalue weighted by Gasteiger charge is 2.24. The maximum atomic E-state index is 6.06. The molecule has 0 saturated carbocycles. The molecule has 0 N–H and O–H groups in total. The van der Waals surface area contributed by atoms with Crippen molar-refractivity contribution in [3.05, 3.63) is 77.4 Å². The van der Waals surface area contributed by atoms with Gasteiger partial charge in [-0.1, -0.05) is 12.1 Å². The smallest absolute Gasteiger partial charge is 0.161 e. The second-order valence-electron chi connectivity index (χ2n) is 7.72. The summed E-state index contributed by atoms with van der Waals surface area (Å²) in [5.41, 5.74) is 3.86. The largest absolute Gasteiger partial charge is 0.497 e. The van der Waals surface area contributed by atoms with E-state index < -0.39 is 0 Å². The van der Waals surface area contributed by atoms with Gasteiger partial charge in [0.2, 0.25) is 0 Å². The number of benzene rings is 3. The lowest BCUT2D eigenvalue weighted by Crippen LogP contribution is -2.33.